The molecular formula is C13H16O2. The Kier molecular flexibility index (Phi) is 2.76. The van der Waals surface area contributed by atoms with Crippen molar-refractivity contribution in [1.29, 1.82) is 0 Å². The number of esters is 1. The predicted octanol–water partition coefficient (Wildman–Crippen LogP) is 3.26. The van der Waals surface area contributed by atoms with Crippen LogP contribution in [-0.4, -0.2) is 5.97 Å². The number of allylic oxidation sites excluding steroid dienone is 4. The van der Waals surface area contributed by atoms with Crippen LogP contribution in [0.25, 0.3) is 0 Å². The Labute approximate surface area is 90.3 Å². The van der Waals surface area contributed by atoms with Gasteiger partial charge in [-0.3, -0.25) is 0 Å². The minimum absolute atomic E-state index is 0.133. The van der Waals surface area contributed by atoms with Gasteiger partial charge in [-0.15, -0.1) is 0 Å². The molecule has 0 radical (unpaired) electrons. The molecule has 1 heterocycles. The van der Waals surface area contributed by atoms with E-state index in [0.29, 0.717) is 0 Å². The highest BCUT2D eigenvalue weighted by atomic mass is 16.5. The lowest BCUT2D eigenvalue weighted by Gasteiger charge is -2.15. The van der Waals surface area contributed by atoms with Crippen LogP contribution in [0.4, 0.5) is 0 Å². The molecule has 0 aromatic heterocycles. The Bertz CT molecular complexity index is 383. The van der Waals surface area contributed by atoms with Crippen LogP contribution in [0.3, 0.4) is 0 Å². The third-order valence-electron chi connectivity index (χ3n) is 2.97. The van der Waals surface area contributed by atoms with Crippen molar-refractivity contribution in [2.45, 2.75) is 39.5 Å². The van der Waals surface area contributed by atoms with E-state index in [1.165, 1.54) is 5.57 Å². The topological polar surface area (TPSA) is 26.3 Å². The lowest BCUT2D eigenvalue weighted by molar-refractivity contribution is -0.133. The van der Waals surface area contributed by atoms with Crippen molar-refractivity contribution in [3.63, 3.8) is 0 Å². The minimum Gasteiger partial charge on any atom is -0.423 e. The molecule has 2 rings (SSSR count). The van der Waals surface area contributed by atoms with Gasteiger partial charge >= 0.3 is 5.97 Å². The van der Waals surface area contributed by atoms with E-state index in [1.807, 2.05) is 19.9 Å². The summed E-state index contributed by atoms with van der Waals surface area (Å²) in [7, 11) is 0. The SMILES string of the molecule is C/C=C/C1=C2OC(=O)C(CC)=C2CCC1. The maximum absolute atomic E-state index is 11.6. The summed E-state index contributed by atoms with van der Waals surface area (Å²) in [6.07, 6.45) is 7.97. The molecule has 1 aliphatic heterocycles. The van der Waals surface area contributed by atoms with Crippen molar-refractivity contribution in [2.24, 2.45) is 0 Å². The molecular weight excluding hydrogens is 188 g/mol. The number of fused-ring (bicyclic) bond motifs is 1. The first-order chi connectivity index (χ1) is 7.27. The van der Waals surface area contributed by atoms with E-state index < -0.39 is 0 Å². The highest BCUT2D eigenvalue weighted by Gasteiger charge is 2.31. The lowest BCUT2D eigenvalue weighted by atomic mass is 9.90. The van der Waals surface area contributed by atoms with Gasteiger partial charge in [-0.05, 0) is 38.2 Å². The maximum atomic E-state index is 11.6. The third-order valence-corrected chi connectivity index (χ3v) is 2.97. The van der Waals surface area contributed by atoms with Crippen LogP contribution in [0.2, 0.25) is 0 Å². The van der Waals surface area contributed by atoms with Crippen LogP contribution in [-0.2, 0) is 9.53 Å². The van der Waals surface area contributed by atoms with Crippen LogP contribution in [0.15, 0.2) is 34.6 Å². The van der Waals surface area contributed by atoms with Gasteiger partial charge in [-0.1, -0.05) is 19.1 Å². The molecule has 0 spiro atoms. The first-order valence-electron chi connectivity index (χ1n) is 5.58. The van der Waals surface area contributed by atoms with Crippen molar-refractivity contribution >= 4 is 5.97 Å². The predicted molar refractivity (Wildman–Crippen MR) is 59.1 cm³/mol. The first-order valence-corrected chi connectivity index (χ1v) is 5.58. The molecule has 2 nitrogen and oxygen atoms in total. The first kappa shape index (κ1) is 10.2. The molecule has 0 unspecified atom stereocenters. The number of carbonyl (C=O) groups is 1. The molecule has 0 aromatic rings. The molecule has 80 valence electrons. The summed E-state index contributed by atoms with van der Waals surface area (Å²) in [5.74, 6) is 0.715. The summed E-state index contributed by atoms with van der Waals surface area (Å²) in [5.41, 5.74) is 3.21. The van der Waals surface area contributed by atoms with Gasteiger partial charge in [0.2, 0.25) is 0 Å². The second-order valence-electron chi connectivity index (χ2n) is 3.91. The fourth-order valence-electron chi connectivity index (χ4n) is 2.29. The standard InChI is InChI=1S/C13H16O2/c1-3-6-9-7-5-8-11-10(4-2)13(14)15-12(9)11/h3,6H,4-5,7-8H2,1-2H3/b6-3+. The van der Waals surface area contributed by atoms with Crippen molar-refractivity contribution in [2.75, 3.05) is 0 Å². The Hall–Kier alpha value is -1.31. The zero-order valence-electron chi connectivity index (χ0n) is 9.30. The minimum atomic E-state index is -0.133. The Morgan fingerprint density at radius 2 is 2.20 bits per heavy atom. The summed E-state index contributed by atoms with van der Waals surface area (Å²) in [6, 6.07) is 0. The van der Waals surface area contributed by atoms with Crippen molar-refractivity contribution < 1.29 is 9.53 Å². The second kappa shape index (κ2) is 4.05. The van der Waals surface area contributed by atoms with Crippen LogP contribution in [0.5, 0.6) is 0 Å². The smallest absolute Gasteiger partial charge is 0.339 e. The van der Waals surface area contributed by atoms with E-state index in [4.69, 9.17) is 4.74 Å². The van der Waals surface area contributed by atoms with Crippen LogP contribution in [0, 0.1) is 0 Å². The van der Waals surface area contributed by atoms with Crippen molar-refractivity contribution in [3.05, 3.63) is 34.6 Å². The molecule has 0 amide bonds. The average Bonchev–Trinajstić information content (AvgIpc) is 2.55. The Morgan fingerprint density at radius 3 is 2.87 bits per heavy atom. The van der Waals surface area contributed by atoms with Gasteiger partial charge in [0, 0.05) is 11.1 Å². The zero-order chi connectivity index (χ0) is 10.8. The summed E-state index contributed by atoms with van der Waals surface area (Å²) in [4.78, 5) is 11.6. The maximum Gasteiger partial charge on any atom is 0.339 e. The largest absolute Gasteiger partial charge is 0.423 e. The van der Waals surface area contributed by atoms with E-state index in [9.17, 15) is 4.79 Å². The van der Waals surface area contributed by atoms with E-state index >= 15 is 0 Å². The van der Waals surface area contributed by atoms with Gasteiger partial charge in [0.05, 0.1) is 0 Å². The molecule has 0 N–H and O–H groups in total. The van der Waals surface area contributed by atoms with Crippen molar-refractivity contribution in [1.82, 2.24) is 0 Å². The summed E-state index contributed by atoms with van der Waals surface area (Å²) in [6.45, 7) is 4.00. The van der Waals surface area contributed by atoms with Gasteiger partial charge in [0.1, 0.15) is 5.76 Å². The van der Waals surface area contributed by atoms with E-state index in [1.54, 1.807) is 0 Å². The average molecular weight is 204 g/mol. The molecule has 0 saturated carbocycles. The Morgan fingerprint density at radius 1 is 1.40 bits per heavy atom. The molecule has 0 atom stereocenters. The fourth-order valence-corrected chi connectivity index (χ4v) is 2.29. The Balaban J connectivity index is 2.48. The molecule has 0 aromatic carbocycles. The highest BCUT2D eigenvalue weighted by molar-refractivity contribution is 5.94. The number of ether oxygens (including phenoxy) is 1. The number of rotatable bonds is 2. The molecule has 0 saturated heterocycles. The lowest BCUT2D eigenvalue weighted by Crippen LogP contribution is -2.01. The summed E-state index contributed by atoms with van der Waals surface area (Å²) < 4.78 is 5.35. The molecule has 1 aliphatic carbocycles. The van der Waals surface area contributed by atoms with E-state index in [2.05, 4.69) is 6.08 Å². The van der Waals surface area contributed by atoms with Gasteiger partial charge < -0.3 is 4.74 Å². The molecule has 2 heteroatoms. The van der Waals surface area contributed by atoms with Crippen molar-refractivity contribution in [3.8, 4) is 0 Å². The van der Waals surface area contributed by atoms with Gasteiger partial charge in [-0.2, -0.15) is 0 Å². The van der Waals surface area contributed by atoms with Crippen LogP contribution >= 0.6 is 0 Å². The van der Waals surface area contributed by atoms with Gasteiger partial charge in [0.25, 0.3) is 0 Å². The van der Waals surface area contributed by atoms with Crippen LogP contribution < -0.4 is 0 Å². The monoisotopic (exact) mass is 204 g/mol. The summed E-state index contributed by atoms with van der Waals surface area (Å²) in [5, 5.41) is 0. The number of hydrogen-bond donors (Lipinski definition) is 0. The van der Waals surface area contributed by atoms with E-state index in [-0.39, 0.29) is 5.97 Å². The molecule has 0 fully saturated rings. The number of carbonyl (C=O) groups excluding carboxylic acids is 1. The van der Waals surface area contributed by atoms with Crippen LogP contribution in [0.1, 0.15) is 39.5 Å². The molecule has 15 heavy (non-hydrogen) atoms. The zero-order valence-corrected chi connectivity index (χ0v) is 9.30. The fraction of sp³-hybridized carbons (Fsp3) is 0.462. The molecule has 2 aliphatic rings. The molecule has 0 bridgehead atoms. The summed E-state index contributed by atoms with van der Waals surface area (Å²) >= 11 is 0. The van der Waals surface area contributed by atoms with Gasteiger partial charge in [0.15, 0.2) is 0 Å². The highest BCUT2D eigenvalue weighted by Crippen LogP contribution is 2.39. The number of hydrogen-bond acceptors (Lipinski definition) is 2. The van der Waals surface area contributed by atoms with Gasteiger partial charge in [-0.25, -0.2) is 4.79 Å². The quantitative estimate of drug-likeness (QED) is 0.645. The second-order valence-corrected chi connectivity index (χ2v) is 3.91. The van der Waals surface area contributed by atoms with E-state index in [0.717, 1.165) is 42.6 Å². The normalized spacial score (nSPS) is 21.3. The third kappa shape index (κ3) is 1.65.